The Kier molecular flexibility index (Phi) is 4.89. The topological polar surface area (TPSA) is 29.5 Å². The Morgan fingerprint density at radius 1 is 1.60 bits per heavy atom. The van der Waals surface area contributed by atoms with Crippen LogP contribution in [-0.4, -0.2) is 29.3 Å². The zero-order valence-corrected chi connectivity index (χ0v) is 13.4. The van der Waals surface area contributed by atoms with Crippen molar-refractivity contribution in [2.45, 2.75) is 11.2 Å². The maximum atomic E-state index is 12.0. The van der Waals surface area contributed by atoms with Crippen molar-refractivity contribution in [3.63, 3.8) is 0 Å². The Hall–Kier alpha value is -1.26. The van der Waals surface area contributed by atoms with Gasteiger partial charge in [0.25, 0.3) is 0 Å². The van der Waals surface area contributed by atoms with Crippen molar-refractivity contribution in [1.82, 2.24) is 4.90 Å². The van der Waals surface area contributed by atoms with Crippen LogP contribution < -0.4 is 4.74 Å². The molecule has 0 aliphatic carbocycles. The van der Waals surface area contributed by atoms with Gasteiger partial charge in [-0.1, -0.05) is 46.3 Å². The third-order valence-corrected chi connectivity index (χ3v) is 4.14. The summed E-state index contributed by atoms with van der Waals surface area (Å²) in [5, 5.41) is 0.561. The van der Waals surface area contributed by atoms with Gasteiger partial charge in [-0.05, 0) is 24.6 Å². The van der Waals surface area contributed by atoms with Crippen LogP contribution in [0.1, 0.15) is 12.0 Å². The summed E-state index contributed by atoms with van der Waals surface area (Å²) in [6, 6.07) is 5.45. The van der Waals surface area contributed by atoms with Gasteiger partial charge in [0, 0.05) is 18.3 Å². The smallest absolute Gasteiger partial charge is 0.240 e. The number of halogens is 2. The fraction of sp³-hybridized carbons (Fsp3) is 0.267. The van der Waals surface area contributed by atoms with Gasteiger partial charge in [0.15, 0.2) is 0 Å². The summed E-state index contributed by atoms with van der Waals surface area (Å²) in [6.45, 7) is 4.03. The van der Waals surface area contributed by atoms with E-state index in [1.807, 2.05) is 18.2 Å². The molecule has 2 rings (SSSR count). The second-order valence-electron chi connectivity index (χ2n) is 4.43. The predicted molar refractivity (Wildman–Crippen MR) is 85.2 cm³/mol. The van der Waals surface area contributed by atoms with Gasteiger partial charge in [0.05, 0.1) is 9.85 Å². The molecule has 1 aliphatic heterocycles. The molecule has 1 atom stereocenters. The lowest BCUT2D eigenvalue weighted by molar-refractivity contribution is -0.126. The van der Waals surface area contributed by atoms with Crippen LogP contribution in [0.5, 0.6) is 5.75 Å². The number of rotatable bonds is 4. The van der Waals surface area contributed by atoms with Gasteiger partial charge in [-0.3, -0.25) is 4.79 Å². The number of ether oxygens (including phenoxy) is 1. The van der Waals surface area contributed by atoms with Crippen molar-refractivity contribution < 1.29 is 9.53 Å². The standard InChI is InChI=1S/C15H15BrClNO2/c1-3-8-20-10-4-5-11(13(17)9-10)14-7-6-12(16)15(19)18(14)2/h3-5,7,9,12H,1,6,8H2,2H3. The van der Waals surface area contributed by atoms with Gasteiger partial charge in [-0.2, -0.15) is 0 Å². The van der Waals surface area contributed by atoms with Crippen molar-refractivity contribution in [3.8, 4) is 5.75 Å². The molecule has 0 N–H and O–H groups in total. The van der Waals surface area contributed by atoms with Gasteiger partial charge in [0.2, 0.25) is 5.91 Å². The van der Waals surface area contributed by atoms with E-state index >= 15 is 0 Å². The van der Waals surface area contributed by atoms with Crippen molar-refractivity contribution in [2.24, 2.45) is 0 Å². The first-order chi connectivity index (χ1) is 9.54. The lowest BCUT2D eigenvalue weighted by atomic mass is 10.0. The molecule has 0 aromatic heterocycles. The van der Waals surface area contributed by atoms with Gasteiger partial charge in [0.1, 0.15) is 12.4 Å². The van der Waals surface area contributed by atoms with E-state index in [0.29, 0.717) is 23.8 Å². The summed E-state index contributed by atoms with van der Waals surface area (Å²) in [5.41, 5.74) is 1.65. The summed E-state index contributed by atoms with van der Waals surface area (Å²) >= 11 is 9.65. The molecule has 1 heterocycles. The van der Waals surface area contributed by atoms with Crippen LogP contribution in [0.4, 0.5) is 0 Å². The maximum absolute atomic E-state index is 12.0. The number of allylic oxidation sites excluding steroid dienone is 1. The molecule has 1 aromatic rings. The zero-order chi connectivity index (χ0) is 14.7. The highest BCUT2D eigenvalue weighted by Crippen LogP contribution is 2.33. The molecule has 0 saturated carbocycles. The first-order valence-corrected chi connectivity index (χ1v) is 7.49. The quantitative estimate of drug-likeness (QED) is 0.605. The highest BCUT2D eigenvalue weighted by Gasteiger charge is 2.27. The molecule has 1 amide bonds. The summed E-state index contributed by atoms with van der Waals surface area (Å²) in [5.74, 6) is 0.716. The minimum absolute atomic E-state index is 0.0329. The average molecular weight is 357 g/mol. The minimum Gasteiger partial charge on any atom is -0.490 e. The molecule has 0 bridgehead atoms. The van der Waals surface area contributed by atoms with Gasteiger partial charge in [-0.15, -0.1) is 0 Å². The molecule has 20 heavy (non-hydrogen) atoms. The lowest BCUT2D eigenvalue weighted by Crippen LogP contribution is -2.35. The third-order valence-electron chi connectivity index (χ3n) is 3.06. The van der Waals surface area contributed by atoms with Crippen molar-refractivity contribution >= 4 is 39.1 Å². The molecule has 0 saturated heterocycles. The van der Waals surface area contributed by atoms with Crippen LogP contribution >= 0.6 is 27.5 Å². The first-order valence-electron chi connectivity index (χ1n) is 6.20. The summed E-state index contributed by atoms with van der Waals surface area (Å²) < 4.78 is 5.43. The number of nitrogens with zero attached hydrogens (tertiary/aromatic N) is 1. The number of carbonyl (C=O) groups is 1. The lowest BCUT2D eigenvalue weighted by Gasteiger charge is -2.28. The molecular formula is C15H15BrClNO2. The minimum atomic E-state index is -0.162. The Labute approximate surface area is 132 Å². The fourth-order valence-electron chi connectivity index (χ4n) is 2.02. The number of benzene rings is 1. The number of hydrogen-bond donors (Lipinski definition) is 0. The van der Waals surface area contributed by atoms with E-state index in [1.165, 1.54) is 0 Å². The van der Waals surface area contributed by atoms with Crippen LogP contribution in [0.25, 0.3) is 5.70 Å². The predicted octanol–water partition coefficient (Wildman–Crippen LogP) is 3.87. The summed E-state index contributed by atoms with van der Waals surface area (Å²) in [4.78, 5) is 13.4. The van der Waals surface area contributed by atoms with Crippen molar-refractivity contribution in [3.05, 3.63) is 47.5 Å². The van der Waals surface area contributed by atoms with E-state index in [-0.39, 0.29) is 10.7 Å². The maximum Gasteiger partial charge on any atom is 0.240 e. The Morgan fingerprint density at radius 2 is 2.35 bits per heavy atom. The molecule has 5 heteroatoms. The van der Waals surface area contributed by atoms with E-state index in [4.69, 9.17) is 16.3 Å². The molecule has 0 radical (unpaired) electrons. The van der Waals surface area contributed by atoms with Crippen molar-refractivity contribution in [1.29, 1.82) is 0 Å². The van der Waals surface area contributed by atoms with Crippen LogP contribution in [0, 0.1) is 0 Å². The SMILES string of the molecule is C=CCOc1ccc(C2=CCC(Br)C(=O)N2C)c(Cl)c1. The molecule has 0 fully saturated rings. The highest BCUT2D eigenvalue weighted by atomic mass is 79.9. The van der Waals surface area contributed by atoms with Crippen LogP contribution in [-0.2, 0) is 4.79 Å². The van der Waals surface area contributed by atoms with E-state index in [1.54, 1.807) is 24.1 Å². The number of alkyl halides is 1. The van der Waals surface area contributed by atoms with E-state index < -0.39 is 0 Å². The van der Waals surface area contributed by atoms with Crippen LogP contribution in [0.3, 0.4) is 0 Å². The van der Waals surface area contributed by atoms with Crippen LogP contribution in [0.15, 0.2) is 36.9 Å². The molecular weight excluding hydrogens is 342 g/mol. The Balaban J connectivity index is 2.29. The van der Waals surface area contributed by atoms with Gasteiger partial charge >= 0.3 is 0 Å². The summed E-state index contributed by atoms with van der Waals surface area (Å²) in [7, 11) is 1.75. The van der Waals surface area contributed by atoms with Crippen molar-refractivity contribution in [2.75, 3.05) is 13.7 Å². The highest BCUT2D eigenvalue weighted by molar-refractivity contribution is 9.10. The molecule has 1 aliphatic rings. The summed E-state index contributed by atoms with van der Waals surface area (Å²) in [6.07, 6.45) is 4.34. The fourth-order valence-corrected chi connectivity index (χ4v) is 2.78. The number of carbonyl (C=O) groups excluding carboxylic acids is 1. The first kappa shape index (κ1) is 15.1. The Bertz CT molecular complexity index is 571. The largest absolute Gasteiger partial charge is 0.490 e. The van der Waals surface area contributed by atoms with Gasteiger partial charge < -0.3 is 9.64 Å². The van der Waals surface area contributed by atoms with E-state index in [9.17, 15) is 4.79 Å². The van der Waals surface area contributed by atoms with E-state index in [0.717, 1.165) is 11.3 Å². The zero-order valence-electron chi connectivity index (χ0n) is 11.1. The van der Waals surface area contributed by atoms with Gasteiger partial charge in [-0.25, -0.2) is 0 Å². The second-order valence-corrected chi connectivity index (χ2v) is 5.94. The second kappa shape index (κ2) is 6.46. The normalized spacial score (nSPS) is 18.8. The molecule has 1 unspecified atom stereocenters. The number of amides is 1. The van der Waals surface area contributed by atoms with E-state index in [2.05, 4.69) is 22.5 Å². The number of hydrogen-bond acceptors (Lipinski definition) is 2. The molecule has 1 aromatic carbocycles. The average Bonchev–Trinajstić information content (AvgIpc) is 2.44. The third kappa shape index (κ3) is 3.07. The molecule has 3 nitrogen and oxygen atoms in total. The van der Waals surface area contributed by atoms with Crippen LogP contribution in [0.2, 0.25) is 5.02 Å². The monoisotopic (exact) mass is 355 g/mol. The molecule has 106 valence electrons. The molecule has 0 spiro atoms. The Morgan fingerprint density at radius 3 is 3.00 bits per heavy atom.